The minimum absolute atomic E-state index is 0.0791. The second-order valence-corrected chi connectivity index (χ2v) is 8.50. The Kier molecular flexibility index (Phi) is 7.30. The number of carbonyl (C=O) groups excluding carboxylic acids is 2. The molecule has 0 aliphatic carbocycles. The molecule has 12 heteroatoms. The summed E-state index contributed by atoms with van der Waals surface area (Å²) in [5.74, 6) is -1.88. The Labute approximate surface area is 209 Å². The van der Waals surface area contributed by atoms with Crippen molar-refractivity contribution in [2.24, 2.45) is 0 Å². The summed E-state index contributed by atoms with van der Waals surface area (Å²) in [6.07, 6.45) is -1.69. The van der Waals surface area contributed by atoms with E-state index in [4.69, 9.17) is 10.5 Å². The number of halogens is 4. The van der Waals surface area contributed by atoms with Crippen molar-refractivity contribution in [2.45, 2.75) is 24.7 Å². The summed E-state index contributed by atoms with van der Waals surface area (Å²) >= 11 is 0. The molecule has 4 rings (SSSR count). The zero-order chi connectivity index (χ0) is 26.6. The lowest BCUT2D eigenvalue weighted by Crippen LogP contribution is -2.59. The zero-order valence-electron chi connectivity index (χ0n) is 19.4. The number of aromatic nitrogens is 1. The molecule has 1 fully saturated rings. The summed E-state index contributed by atoms with van der Waals surface area (Å²) in [5.41, 5.74) is 3.85. The number of para-hydroxylation sites is 1. The maximum atomic E-state index is 14.8. The van der Waals surface area contributed by atoms with E-state index in [2.05, 4.69) is 20.9 Å². The number of amides is 2. The SMILES string of the molecule is Nc1cncc(C(=O)N[C@@]2(C(=O)NCc3ccc(Nc4ccccc4C(F)(F)F)cc3F)CCOC2)c1. The second-order valence-electron chi connectivity index (χ2n) is 8.50. The monoisotopic (exact) mass is 517 g/mol. The third-order valence-electron chi connectivity index (χ3n) is 5.83. The van der Waals surface area contributed by atoms with Gasteiger partial charge in [0.15, 0.2) is 0 Å². The summed E-state index contributed by atoms with van der Waals surface area (Å²) in [6.45, 7) is -0.0666. The number of nitrogens with two attached hydrogens (primary N) is 1. The standard InChI is InChI=1S/C25H23F4N5O3/c26-20-10-18(33-21-4-2-1-3-19(21)25(27,28)29)6-5-15(20)12-32-23(36)24(7-8-37-14-24)34-22(35)16-9-17(30)13-31-11-16/h1-6,9-11,13,33H,7-8,12,14,30H2,(H,32,36)(H,34,35)/t24-/m0/s1. The van der Waals surface area contributed by atoms with Gasteiger partial charge in [-0.05, 0) is 30.3 Å². The highest BCUT2D eigenvalue weighted by molar-refractivity contribution is 5.99. The van der Waals surface area contributed by atoms with Crippen LogP contribution in [0.2, 0.25) is 0 Å². The topological polar surface area (TPSA) is 118 Å². The molecule has 0 saturated carbocycles. The van der Waals surface area contributed by atoms with E-state index >= 15 is 0 Å². The minimum Gasteiger partial charge on any atom is -0.397 e. The van der Waals surface area contributed by atoms with Crippen molar-refractivity contribution < 1.29 is 31.9 Å². The number of benzene rings is 2. The van der Waals surface area contributed by atoms with Crippen LogP contribution in [-0.4, -0.2) is 35.6 Å². The maximum absolute atomic E-state index is 14.8. The van der Waals surface area contributed by atoms with Crippen molar-refractivity contribution in [3.63, 3.8) is 0 Å². The molecule has 1 aliphatic heterocycles. The van der Waals surface area contributed by atoms with Crippen molar-refractivity contribution >= 4 is 28.9 Å². The summed E-state index contributed by atoms with van der Waals surface area (Å²) in [6, 6.07) is 10.1. The van der Waals surface area contributed by atoms with Gasteiger partial charge in [0.05, 0.1) is 29.1 Å². The van der Waals surface area contributed by atoms with Gasteiger partial charge >= 0.3 is 6.18 Å². The Bertz CT molecular complexity index is 1310. The molecule has 1 atom stereocenters. The molecule has 2 aromatic carbocycles. The van der Waals surface area contributed by atoms with Crippen LogP contribution < -0.4 is 21.7 Å². The number of anilines is 3. The van der Waals surface area contributed by atoms with Gasteiger partial charge in [0.25, 0.3) is 5.91 Å². The highest BCUT2D eigenvalue weighted by Gasteiger charge is 2.44. The molecule has 37 heavy (non-hydrogen) atoms. The molecule has 1 aliphatic rings. The van der Waals surface area contributed by atoms with E-state index in [1.165, 1.54) is 48.8 Å². The molecule has 2 heterocycles. The predicted molar refractivity (Wildman–Crippen MR) is 127 cm³/mol. The van der Waals surface area contributed by atoms with Crippen LogP contribution in [0.4, 0.5) is 34.6 Å². The minimum atomic E-state index is -4.58. The number of nitrogen functional groups attached to an aromatic ring is 1. The molecule has 0 radical (unpaired) electrons. The van der Waals surface area contributed by atoms with Crippen molar-refractivity contribution in [2.75, 3.05) is 24.3 Å². The molecule has 1 aromatic heterocycles. The first kappa shape index (κ1) is 25.9. The summed E-state index contributed by atoms with van der Waals surface area (Å²) in [7, 11) is 0. The number of alkyl halides is 3. The Balaban J connectivity index is 1.43. The molecular formula is C25H23F4N5O3. The van der Waals surface area contributed by atoms with Crippen LogP contribution in [-0.2, 0) is 22.3 Å². The fourth-order valence-electron chi connectivity index (χ4n) is 3.88. The van der Waals surface area contributed by atoms with Gasteiger partial charge in [-0.1, -0.05) is 18.2 Å². The number of pyridine rings is 1. The lowest BCUT2D eigenvalue weighted by molar-refractivity contribution is -0.137. The van der Waals surface area contributed by atoms with E-state index in [1.54, 1.807) is 0 Å². The lowest BCUT2D eigenvalue weighted by Gasteiger charge is -2.27. The van der Waals surface area contributed by atoms with Gasteiger partial charge < -0.3 is 26.4 Å². The number of hydrogen-bond donors (Lipinski definition) is 4. The van der Waals surface area contributed by atoms with E-state index in [0.29, 0.717) is 0 Å². The van der Waals surface area contributed by atoms with Crippen LogP contribution in [0.3, 0.4) is 0 Å². The molecule has 8 nitrogen and oxygen atoms in total. The van der Waals surface area contributed by atoms with Crippen LogP contribution in [0.5, 0.6) is 0 Å². The van der Waals surface area contributed by atoms with Crippen molar-refractivity contribution in [3.8, 4) is 0 Å². The highest BCUT2D eigenvalue weighted by Crippen LogP contribution is 2.36. The number of ether oxygens (including phenoxy) is 1. The molecule has 1 saturated heterocycles. The Morgan fingerprint density at radius 1 is 1.11 bits per heavy atom. The average molecular weight is 517 g/mol. The maximum Gasteiger partial charge on any atom is 0.418 e. The van der Waals surface area contributed by atoms with E-state index in [0.717, 1.165) is 12.1 Å². The Morgan fingerprint density at radius 3 is 2.57 bits per heavy atom. The van der Waals surface area contributed by atoms with Gasteiger partial charge in [0, 0.05) is 43.2 Å². The number of carbonyl (C=O) groups is 2. The molecule has 0 bridgehead atoms. The fraction of sp³-hybridized carbons (Fsp3) is 0.240. The summed E-state index contributed by atoms with van der Waals surface area (Å²) in [5, 5.41) is 7.86. The van der Waals surface area contributed by atoms with E-state index in [9.17, 15) is 27.2 Å². The number of nitrogens with zero attached hydrogens (tertiary/aromatic N) is 1. The van der Waals surface area contributed by atoms with Crippen molar-refractivity contribution in [3.05, 3.63) is 83.4 Å². The molecule has 2 amide bonds. The van der Waals surface area contributed by atoms with Crippen LogP contribution in [0.15, 0.2) is 60.9 Å². The average Bonchev–Trinajstić information content (AvgIpc) is 3.33. The largest absolute Gasteiger partial charge is 0.418 e. The zero-order valence-corrected chi connectivity index (χ0v) is 19.4. The lowest BCUT2D eigenvalue weighted by atomic mass is 9.96. The van der Waals surface area contributed by atoms with E-state index < -0.39 is 34.9 Å². The number of rotatable bonds is 7. The van der Waals surface area contributed by atoms with E-state index in [-0.39, 0.29) is 54.4 Å². The smallest absolute Gasteiger partial charge is 0.397 e. The number of nitrogens with one attached hydrogen (secondary N) is 3. The summed E-state index contributed by atoms with van der Waals surface area (Å²) in [4.78, 5) is 29.6. The van der Waals surface area contributed by atoms with E-state index in [1.807, 2.05) is 0 Å². The normalized spacial score (nSPS) is 17.3. The van der Waals surface area contributed by atoms with Gasteiger partial charge in [0.1, 0.15) is 11.4 Å². The predicted octanol–water partition coefficient (Wildman–Crippen LogP) is 3.77. The third-order valence-corrected chi connectivity index (χ3v) is 5.83. The van der Waals surface area contributed by atoms with Crippen LogP contribution in [0.25, 0.3) is 0 Å². The molecule has 3 aromatic rings. The van der Waals surface area contributed by atoms with Crippen LogP contribution in [0, 0.1) is 5.82 Å². The first-order chi connectivity index (χ1) is 17.6. The van der Waals surface area contributed by atoms with Gasteiger partial charge in [-0.15, -0.1) is 0 Å². The quantitative estimate of drug-likeness (QED) is 0.355. The summed E-state index contributed by atoms with van der Waals surface area (Å²) < 4.78 is 59.8. The molecular weight excluding hydrogens is 494 g/mol. The van der Waals surface area contributed by atoms with Crippen LogP contribution in [0.1, 0.15) is 27.9 Å². The second kappa shape index (κ2) is 10.4. The van der Waals surface area contributed by atoms with Gasteiger partial charge in [-0.3, -0.25) is 14.6 Å². The van der Waals surface area contributed by atoms with Gasteiger partial charge in [0.2, 0.25) is 5.91 Å². The first-order valence-electron chi connectivity index (χ1n) is 11.2. The Morgan fingerprint density at radius 2 is 1.89 bits per heavy atom. The third kappa shape index (κ3) is 5.97. The fourth-order valence-corrected chi connectivity index (χ4v) is 3.88. The van der Waals surface area contributed by atoms with Gasteiger partial charge in [-0.25, -0.2) is 4.39 Å². The van der Waals surface area contributed by atoms with Crippen molar-refractivity contribution in [1.82, 2.24) is 15.6 Å². The van der Waals surface area contributed by atoms with Crippen molar-refractivity contribution in [1.29, 1.82) is 0 Å². The van der Waals surface area contributed by atoms with Crippen LogP contribution >= 0.6 is 0 Å². The molecule has 0 unspecified atom stereocenters. The highest BCUT2D eigenvalue weighted by atomic mass is 19.4. The molecule has 0 spiro atoms. The molecule has 194 valence electrons. The van der Waals surface area contributed by atoms with Gasteiger partial charge in [-0.2, -0.15) is 13.2 Å². The first-order valence-corrected chi connectivity index (χ1v) is 11.2. The Hall–Kier alpha value is -4.19. The number of hydrogen-bond acceptors (Lipinski definition) is 6. The molecule has 5 N–H and O–H groups in total.